The van der Waals surface area contributed by atoms with E-state index in [2.05, 4.69) is 43.8 Å². The van der Waals surface area contributed by atoms with Crippen LogP contribution in [0.15, 0.2) is 60.7 Å². The Morgan fingerprint density at radius 2 is 1.52 bits per heavy atom. The van der Waals surface area contributed by atoms with Crippen LogP contribution in [-0.2, 0) is 0 Å². The molecular weight excluding hydrogens is 308 g/mol. The average Bonchev–Trinajstić information content (AvgIpc) is 2.61. The summed E-state index contributed by atoms with van der Waals surface area (Å²) in [4.78, 5) is 0. The van der Waals surface area contributed by atoms with Crippen LogP contribution >= 0.6 is 0 Å². The largest absolute Gasteiger partial charge is 0.508 e. The maximum Gasteiger partial charge on any atom is 0.142 e. The van der Waals surface area contributed by atoms with E-state index in [0.717, 1.165) is 49.0 Å². The molecule has 1 N–H and O–H groups in total. The van der Waals surface area contributed by atoms with Crippen LogP contribution in [0.5, 0.6) is 17.2 Å². The number of ether oxygens (including phenoxy) is 1. The van der Waals surface area contributed by atoms with E-state index in [1.165, 1.54) is 5.57 Å². The van der Waals surface area contributed by atoms with Crippen molar-refractivity contribution in [1.82, 2.24) is 0 Å². The first kappa shape index (κ1) is 14.1. The Hall–Kier alpha value is -3.26. The van der Waals surface area contributed by atoms with Crippen LogP contribution in [0.25, 0.3) is 33.7 Å². The minimum absolute atomic E-state index is 0.262. The maximum atomic E-state index is 9.76. The predicted molar refractivity (Wildman–Crippen MR) is 103 cm³/mol. The van der Waals surface area contributed by atoms with Crippen molar-refractivity contribution in [3.8, 4) is 17.2 Å². The second kappa shape index (κ2) is 4.87. The fourth-order valence-electron chi connectivity index (χ4n) is 3.70. The number of aromatic hydroxyl groups is 1. The number of hydrogen-bond donors (Lipinski definition) is 1. The highest BCUT2D eigenvalue weighted by molar-refractivity contribution is 5.98. The molecule has 0 aliphatic carbocycles. The van der Waals surface area contributed by atoms with E-state index in [1.807, 2.05) is 18.2 Å². The molecule has 0 aromatic heterocycles. The van der Waals surface area contributed by atoms with E-state index in [0.29, 0.717) is 0 Å². The van der Waals surface area contributed by atoms with Crippen molar-refractivity contribution >= 4 is 33.7 Å². The summed E-state index contributed by atoms with van der Waals surface area (Å²) in [5.74, 6) is 2.01. The Labute approximate surface area is 144 Å². The van der Waals surface area contributed by atoms with Crippen LogP contribution in [0.3, 0.4) is 0 Å². The first-order valence-corrected chi connectivity index (χ1v) is 8.28. The molecule has 0 saturated carbocycles. The predicted octanol–water partition coefficient (Wildman–Crippen LogP) is 4.43. The molecule has 2 nitrogen and oxygen atoms in total. The number of rotatable bonds is 0. The summed E-state index contributed by atoms with van der Waals surface area (Å²) in [6.45, 7) is 6.15. The van der Waals surface area contributed by atoms with E-state index in [9.17, 15) is 5.11 Å². The first-order valence-electron chi connectivity index (χ1n) is 8.28. The van der Waals surface area contributed by atoms with Crippen molar-refractivity contribution in [2.24, 2.45) is 0 Å². The topological polar surface area (TPSA) is 29.5 Å². The Balaban J connectivity index is 1.91. The van der Waals surface area contributed by atoms with Crippen molar-refractivity contribution in [1.29, 1.82) is 0 Å². The van der Waals surface area contributed by atoms with Crippen LogP contribution in [0.2, 0.25) is 0 Å². The molecule has 4 aromatic rings. The highest BCUT2D eigenvalue weighted by Gasteiger charge is 2.20. The molecule has 0 bridgehead atoms. The van der Waals surface area contributed by atoms with Crippen LogP contribution in [-0.4, -0.2) is 5.11 Å². The Kier molecular flexibility index (Phi) is 2.75. The zero-order valence-corrected chi connectivity index (χ0v) is 13.8. The number of fused-ring (bicyclic) bond motifs is 6. The van der Waals surface area contributed by atoms with Gasteiger partial charge in [-0.05, 0) is 52.8 Å². The lowest BCUT2D eigenvalue weighted by molar-refractivity contribution is 0.475. The third-order valence-corrected chi connectivity index (χ3v) is 5.00. The minimum atomic E-state index is 0.262. The standard InChI is InChI=1S/C23H16O2/c1-13-3-7-20-15(11-13)4-8-18-14(2)19-9-5-16-12-17(24)6-10-21(16)23(19)25-22(18)20/h3-12,24H,1H2,2H3. The summed E-state index contributed by atoms with van der Waals surface area (Å²) in [7, 11) is 0. The van der Waals surface area contributed by atoms with Gasteiger partial charge in [0.2, 0.25) is 0 Å². The van der Waals surface area contributed by atoms with Crippen molar-refractivity contribution in [3.05, 3.63) is 76.7 Å². The Morgan fingerprint density at radius 3 is 2.40 bits per heavy atom. The quantitative estimate of drug-likeness (QED) is 0.518. The molecule has 25 heavy (non-hydrogen) atoms. The lowest BCUT2D eigenvalue weighted by Crippen LogP contribution is -2.15. The van der Waals surface area contributed by atoms with Crippen molar-refractivity contribution in [2.75, 3.05) is 0 Å². The fourth-order valence-corrected chi connectivity index (χ4v) is 3.70. The number of benzene rings is 4. The van der Waals surface area contributed by atoms with Gasteiger partial charge in [0.15, 0.2) is 0 Å². The van der Waals surface area contributed by atoms with Gasteiger partial charge in [0.05, 0.1) is 0 Å². The molecule has 5 rings (SSSR count). The third kappa shape index (κ3) is 1.97. The van der Waals surface area contributed by atoms with Gasteiger partial charge in [-0.1, -0.05) is 43.0 Å². The summed E-state index contributed by atoms with van der Waals surface area (Å²) in [5, 5.41) is 16.1. The normalized spacial score (nSPS) is 12.8. The fraction of sp³-hybridized carbons (Fsp3) is 0.0435. The average molecular weight is 324 g/mol. The zero-order valence-electron chi connectivity index (χ0n) is 13.8. The molecule has 0 saturated heterocycles. The minimum Gasteiger partial charge on any atom is -0.508 e. The van der Waals surface area contributed by atoms with Crippen molar-refractivity contribution < 1.29 is 9.84 Å². The van der Waals surface area contributed by atoms with E-state index >= 15 is 0 Å². The van der Waals surface area contributed by atoms with Crippen molar-refractivity contribution in [2.45, 2.75) is 6.92 Å². The van der Waals surface area contributed by atoms with Gasteiger partial charge >= 0.3 is 0 Å². The second-order valence-corrected chi connectivity index (χ2v) is 6.57. The highest BCUT2D eigenvalue weighted by atomic mass is 16.5. The molecule has 0 atom stereocenters. The summed E-state index contributed by atoms with van der Waals surface area (Å²) in [6, 6.07) is 19.9. The summed E-state index contributed by atoms with van der Waals surface area (Å²) >= 11 is 0. The molecule has 1 aliphatic rings. The lowest BCUT2D eigenvalue weighted by Gasteiger charge is -2.22. The molecule has 2 heteroatoms. The Morgan fingerprint density at radius 1 is 0.800 bits per heavy atom. The summed E-state index contributed by atoms with van der Waals surface area (Å²) in [5.41, 5.74) is 2.30. The van der Waals surface area contributed by atoms with Gasteiger partial charge in [-0.15, -0.1) is 0 Å². The number of phenolic OH excluding ortho intramolecular Hbond substituents is 1. The smallest absolute Gasteiger partial charge is 0.142 e. The molecule has 0 radical (unpaired) electrons. The van der Waals surface area contributed by atoms with Crippen molar-refractivity contribution in [3.63, 3.8) is 0 Å². The van der Waals surface area contributed by atoms with Crippen LogP contribution < -0.4 is 15.2 Å². The first-order chi connectivity index (χ1) is 12.1. The SMILES string of the molecule is C=c1ccc2c3c(ccc2c1)=C(C)c1ccc2cc(O)ccc2c1O3. The zero-order chi connectivity index (χ0) is 17.1. The molecule has 1 heterocycles. The monoisotopic (exact) mass is 324 g/mol. The van der Waals surface area contributed by atoms with Gasteiger partial charge < -0.3 is 9.84 Å². The van der Waals surface area contributed by atoms with Gasteiger partial charge in [-0.2, -0.15) is 0 Å². The van der Waals surface area contributed by atoms with Gasteiger partial charge in [0, 0.05) is 21.6 Å². The van der Waals surface area contributed by atoms with Crippen LogP contribution in [0.1, 0.15) is 12.5 Å². The Bertz CT molecular complexity index is 1300. The molecule has 1 aliphatic heterocycles. The maximum absolute atomic E-state index is 9.76. The number of hydrogen-bond acceptors (Lipinski definition) is 2. The van der Waals surface area contributed by atoms with Crippen LogP contribution in [0, 0.1) is 0 Å². The van der Waals surface area contributed by atoms with E-state index in [4.69, 9.17) is 4.74 Å². The van der Waals surface area contributed by atoms with Gasteiger partial charge in [0.1, 0.15) is 17.2 Å². The highest BCUT2D eigenvalue weighted by Crippen LogP contribution is 2.41. The number of phenols is 1. The molecule has 0 amide bonds. The molecular formula is C23H16O2. The summed E-state index contributed by atoms with van der Waals surface area (Å²) in [6.07, 6.45) is 0. The van der Waals surface area contributed by atoms with Crippen LogP contribution in [0.4, 0.5) is 0 Å². The van der Waals surface area contributed by atoms with Gasteiger partial charge in [-0.25, -0.2) is 0 Å². The third-order valence-electron chi connectivity index (χ3n) is 5.00. The summed E-state index contributed by atoms with van der Waals surface area (Å²) < 4.78 is 6.43. The molecule has 0 unspecified atom stereocenters. The van der Waals surface area contributed by atoms with Gasteiger partial charge in [0.25, 0.3) is 0 Å². The van der Waals surface area contributed by atoms with E-state index < -0.39 is 0 Å². The van der Waals surface area contributed by atoms with Gasteiger partial charge in [-0.3, -0.25) is 0 Å². The molecule has 0 spiro atoms. The van der Waals surface area contributed by atoms with E-state index in [-0.39, 0.29) is 5.75 Å². The molecule has 120 valence electrons. The molecule has 4 aromatic carbocycles. The lowest BCUT2D eigenvalue weighted by atomic mass is 9.95. The molecule has 0 fully saturated rings. The van der Waals surface area contributed by atoms with E-state index in [1.54, 1.807) is 12.1 Å². The second-order valence-electron chi connectivity index (χ2n) is 6.57.